The van der Waals surface area contributed by atoms with Gasteiger partial charge in [0.1, 0.15) is 35.1 Å². The van der Waals surface area contributed by atoms with E-state index < -0.39 is 75.6 Å². The summed E-state index contributed by atoms with van der Waals surface area (Å²) >= 11 is 0. The van der Waals surface area contributed by atoms with Gasteiger partial charge in [-0.15, -0.1) is 0 Å². The molecule has 0 aliphatic carbocycles. The van der Waals surface area contributed by atoms with Crippen molar-refractivity contribution >= 4 is 21.9 Å². The standard InChI is InChI=1S/C38H39F4N3O6S/c1-23-21-43-22-30(45(23)52(48,49)32-14-12-31(50-2)13-15-32)11-16-33-25(5-4-6-34(33)42)19-35(46)37(44-38(47)51-3)36(24-7-9-27(39)10-8-24)26-17-28(40)20-29(41)18-26/h4-10,12-15,17-18,20,23,30,36-37,43H,11,16,19,21-22H2,1-3H3,(H,44,47)/t23-,30-,36-,37+/m0/s1. The van der Waals surface area contributed by atoms with Crippen LogP contribution in [0.15, 0.2) is 89.8 Å². The van der Waals surface area contributed by atoms with Crippen molar-refractivity contribution in [3.63, 3.8) is 0 Å². The monoisotopic (exact) mass is 741 g/mol. The lowest BCUT2D eigenvalue weighted by atomic mass is 9.81. The lowest BCUT2D eigenvalue weighted by Crippen LogP contribution is -2.58. The summed E-state index contributed by atoms with van der Waals surface area (Å²) in [5.41, 5.74) is 0.683. The van der Waals surface area contributed by atoms with Crippen molar-refractivity contribution in [3.05, 3.63) is 130 Å². The van der Waals surface area contributed by atoms with Crippen molar-refractivity contribution in [1.82, 2.24) is 14.9 Å². The Kier molecular flexibility index (Phi) is 12.3. The highest BCUT2D eigenvalue weighted by Gasteiger charge is 2.38. The van der Waals surface area contributed by atoms with Crippen LogP contribution in [0.3, 0.4) is 0 Å². The number of halogens is 4. The maximum absolute atomic E-state index is 15.6. The van der Waals surface area contributed by atoms with Crippen LogP contribution in [0.5, 0.6) is 5.75 Å². The van der Waals surface area contributed by atoms with Crippen LogP contribution in [-0.4, -0.2) is 70.0 Å². The lowest BCUT2D eigenvalue weighted by Gasteiger charge is -2.40. The molecule has 1 heterocycles. The van der Waals surface area contributed by atoms with Crippen molar-refractivity contribution in [3.8, 4) is 5.75 Å². The minimum Gasteiger partial charge on any atom is -0.497 e. The van der Waals surface area contributed by atoms with Crippen LogP contribution < -0.4 is 15.4 Å². The van der Waals surface area contributed by atoms with E-state index in [1.807, 2.05) is 0 Å². The van der Waals surface area contributed by atoms with E-state index in [-0.39, 0.29) is 40.0 Å². The maximum Gasteiger partial charge on any atom is 0.407 e. The highest BCUT2D eigenvalue weighted by Crippen LogP contribution is 2.32. The molecule has 52 heavy (non-hydrogen) atoms. The van der Waals surface area contributed by atoms with Gasteiger partial charge in [0.15, 0.2) is 5.78 Å². The molecule has 5 rings (SSSR count). The SMILES string of the molecule is COC(=O)N[C@H](C(=O)Cc1cccc(F)c1CC[C@H]1CNC[C@H](C)N1S(=O)(=O)c1ccc(OC)cc1)[C@@H](c1ccc(F)cc1)c1cc(F)cc(F)c1. The first kappa shape index (κ1) is 38.4. The summed E-state index contributed by atoms with van der Waals surface area (Å²) in [6.45, 7) is 2.49. The molecule has 1 aliphatic rings. The van der Waals surface area contributed by atoms with Crippen LogP contribution in [0.25, 0.3) is 0 Å². The summed E-state index contributed by atoms with van der Waals surface area (Å²) in [6, 6.07) is 15.3. The Morgan fingerprint density at radius 2 is 1.56 bits per heavy atom. The van der Waals surface area contributed by atoms with E-state index in [1.165, 1.54) is 47.8 Å². The molecule has 1 saturated heterocycles. The zero-order valence-electron chi connectivity index (χ0n) is 28.7. The van der Waals surface area contributed by atoms with Crippen molar-refractivity contribution in [2.45, 2.75) is 55.1 Å². The van der Waals surface area contributed by atoms with Gasteiger partial charge in [-0.2, -0.15) is 4.31 Å². The molecule has 0 saturated carbocycles. The number of methoxy groups -OCH3 is 2. The number of alkyl carbamates (subject to hydrolysis) is 1. The van der Waals surface area contributed by atoms with Crippen LogP contribution in [0.4, 0.5) is 22.4 Å². The molecule has 4 atom stereocenters. The van der Waals surface area contributed by atoms with Crippen molar-refractivity contribution in [1.29, 1.82) is 0 Å². The quantitative estimate of drug-likeness (QED) is 0.164. The van der Waals surface area contributed by atoms with Gasteiger partial charge < -0.3 is 20.1 Å². The van der Waals surface area contributed by atoms with Gasteiger partial charge >= 0.3 is 6.09 Å². The summed E-state index contributed by atoms with van der Waals surface area (Å²) in [4.78, 5) is 26.9. The highest BCUT2D eigenvalue weighted by atomic mass is 32.2. The Balaban J connectivity index is 1.46. The van der Waals surface area contributed by atoms with Crippen LogP contribution in [-0.2, 0) is 32.4 Å². The third kappa shape index (κ3) is 8.80. The number of Topliss-reactive ketones (excluding diaryl/α,β-unsaturated/α-hetero) is 1. The largest absolute Gasteiger partial charge is 0.497 e. The molecule has 0 spiro atoms. The predicted octanol–water partition coefficient (Wildman–Crippen LogP) is 5.90. The van der Waals surface area contributed by atoms with Gasteiger partial charge in [-0.3, -0.25) is 4.79 Å². The molecule has 14 heteroatoms. The Morgan fingerprint density at radius 3 is 2.19 bits per heavy atom. The number of ether oxygens (including phenoxy) is 2. The molecular formula is C38H39F4N3O6S. The molecule has 9 nitrogen and oxygen atoms in total. The van der Waals surface area contributed by atoms with Crippen LogP contribution in [0.2, 0.25) is 0 Å². The van der Waals surface area contributed by atoms with Gasteiger partial charge in [0.2, 0.25) is 10.0 Å². The summed E-state index contributed by atoms with van der Waals surface area (Å²) < 4.78 is 97.7. The molecule has 4 aromatic carbocycles. The molecule has 1 aliphatic heterocycles. The first-order valence-electron chi connectivity index (χ1n) is 16.6. The summed E-state index contributed by atoms with van der Waals surface area (Å²) in [7, 11) is -1.41. The van der Waals surface area contributed by atoms with E-state index >= 15 is 4.39 Å². The number of nitrogens with one attached hydrogen (secondary N) is 2. The molecule has 276 valence electrons. The Bertz CT molecular complexity index is 1980. The average molecular weight is 742 g/mol. The first-order valence-corrected chi connectivity index (χ1v) is 18.0. The van der Waals surface area contributed by atoms with Crippen LogP contribution >= 0.6 is 0 Å². The van der Waals surface area contributed by atoms with E-state index in [1.54, 1.807) is 25.1 Å². The molecule has 0 bridgehead atoms. The van der Waals surface area contributed by atoms with Gasteiger partial charge in [0, 0.05) is 43.6 Å². The number of rotatable bonds is 13. The lowest BCUT2D eigenvalue weighted by molar-refractivity contribution is -0.120. The molecule has 0 unspecified atom stereocenters. The molecule has 1 fully saturated rings. The topological polar surface area (TPSA) is 114 Å². The predicted molar refractivity (Wildman–Crippen MR) is 186 cm³/mol. The third-order valence-electron chi connectivity index (χ3n) is 9.17. The van der Waals surface area contributed by atoms with E-state index in [4.69, 9.17) is 9.47 Å². The maximum atomic E-state index is 15.6. The van der Waals surface area contributed by atoms with Crippen molar-refractivity contribution in [2.24, 2.45) is 0 Å². The van der Waals surface area contributed by atoms with Crippen molar-refractivity contribution in [2.75, 3.05) is 27.3 Å². The fraction of sp³-hybridized carbons (Fsp3) is 0.316. The van der Waals surface area contributed by atoms with Crippen LogP contribution in [0, 0.1) is 23.3 Å². The average Bonchev–Trinajstić information content (AvgIpc) is 3.11. The van der Waals surface area contributed by atoms with Gasteiger partial charge in [0.25, 0.3) is 0 Å². The Labute approximate surface area is 300 Å². The fourth-order valence-electron chi connectivity index (χ4n) is 6.73. The molecule has 0 aromatic heterocycles. The third-order valence-corrected chi connectivity index (χ3v) is 11.3. The summed E-state index contributed by atoms with van der Waals surface area (Å²) in [6.07, 6.45) is -1.20. The molecule has 4 aromatic rings. The molecule has 0 radical (unpaired) electrons. The minimum atomic E-state index is -3.96. The molecular weight excluding hydrogens is 702 g/mol. The van der Waals surface area contributed by atoms with Crippen LogP contribution in [0.1, 0.15) is 41.5 Å². The Morgan fingerprint density at radius 1 is 0.885 bits per heavy atom. The number of amides is 1. The van der Waals surface area contributed by atoms with Gasteiger partial charge in [-0.25, -0.2) is 30.8 Å². The number of ketones is 1. The Hall–Kier alpha value is -4.79. The number of hydrogen-bond acceptors (Lipinski definition) is 7. The van der Waals surface area contributed by atoms with E-state index in [9.17, 15) is 31.2 Å². The normalized spacial score (nSPS) is 17.6. The summed E-state index contributed by atoms with van der Waals surface area (Å²) in [5, 5.41) is 5.72. The highest BCUT2D eigenvalue weighted by molar-refractivity contribution is 7.89. The van der Waals surface area contributed by atoms with E-state index in [2.05, 4.69) is 10.6 Å². The number of carbonyl (C=O) groups excluding carboxylic acids is 2. The van der Waals surface area contributed by atoms with Crippen molar-refractivity contribution < 1.29 is 45.0 Å². The second-order valence-electron chi connectivity index (χ2n) is 12.6. The number of nitrogens with zero attached hydrogens (tertiary/aromatic N) is 1. The van der Waals surface area contributed by atoms with E-state index in [0.717, 1.165) is 31.4 Å². The zero-order chi connectivity index (χ0) is 37.6. The van der Waals surface area contributed by atoms with Gasteiger partial charge in [-0.1, -0.05) is 24.3 Å². The second kappa shape index (κ2) is 16.7. The number of carbonyl (C=O) groups is 2. The number of benzene rings is 4. The first-order chi connectivity index (χ1) is 24.8. The second-order valence-corrected chi connectivity index (χ2v) is 14.4. The number of piperazine rings is 1. The zero-order valence-corrected chi connectivity index (χ0v) is 29.6. The summed E-state index contributed by atoms with van der Waals surface area (Å²) in [5.74, 6) is -4.46. The van der Waals surface area contributed by atoms with E-state index in [0.29, 0.717) is 24.9 Å². The van der Waals surface area contributed by atoms with Gasteiger partial charge in [-0.05, 0) is 96.6 Å². The smallest absolute Gasteiger partial charge is 0.407 e. The molecule has 1 amide bonds. The number of sulfonamides is 1. The number of hydrogen-bond donors (Lipinski definition) is 2. The minimum absolute atomic E-state index is 0.0181. The van der Waals surface area contributed by atoms with Gasteiger partial charge in [0.05, 0.1) is 19.1 Å². The molecule has 2 N–H and O–H groups in total. The fourth-order valence-corrected chi connectivity index (χ4v) is 8.57.